The molecule has 1 atom stereocenters. The number of benzene rings is 1. The Bertz CT molecular complexity index is 382. The van der Waals surface area contributed by atoms with Gasteiger partial charge in [0.05, 0.1) is 6.61 Å². The summed E-state index contributed by atoms with van der Waals surface area (Å²) in [5, 5.41) is 9.08. The van der Waals surface area contributed by atoms with Crippen molar-refractivity contribution in [2.75, 3.05) is 19.6 Å². The van der Waals surface area contributed by atoms with E-state index < -0.39 is 0 Å². The molecule has 16 heavy (non-hydrogen) atoms. The van der Waals surface area contributed by atoms with E-state index in [4.69, 9.17) is 5.11 Å². The van der Waals surface area contributed by atoms with Gasteiger partial charge in [0.25, 0.3) is 0 Å². The standard InChI is InChI=1S/C14H19NO/c16-10-11-4-5-12-13(8-11)14(12)9-15-6-2-1-3-7-15/h4-5,8,14,16H,1-3,6-7,9-10H2/t14-/m0/s1. The van der Waals surface area contributed by atoms with Crippen LogP contribution in [0.3, 0.4) is 0 Å². The number of piperidine rings is 1. The summed E-state index contributed by atoms with van der Waals surface area (Å²) in [6, 6.07) is 6.41. The van der Waals surface area contributed by atoms with E-state index in [-0.39, 0.29) is 6.61 Å². The fourth-order valence-electron chi connectivity index (χ4n) is 2.84. The molecule has 0 bridgehead atoms. The smallest absolute Gasteiger partial charge is 0.0681 e. The van der Waals surface area contributed by atoms with Gasteiger partial charge in [0.1, 0.15) is 0 Å². The van der Waals surface area contributed by atoms with E-state index in [1.165, 1.54) is 50.0 Å². The summed E-state index contributed by atoms with van der Waals surface area (Å²) < 4.78 is 0. The highest BCUT2D eigenvalue weighted by Gasteiger charge is 2.33. The molecule has 1 aromatic rings. The second-order valence-electron chi connectivity index (χ2n) is 5.04. The predicted octanol–water partition coefficient (Wildman–Crippen LogP) is 2.11. The lowest BCUT2D eigenvalue weighted by molar-refractivity contribution is 0.229. The molecule has 0 amide bonds. The molecule has 1 heterocycles. The third-order valence-electron chi connectivity index (χ3n) is 3.89. The monoisotopic (exact) mass is 217 g/mol. The van der Waals surface area contributed by atoms with E-state index >= 15 is 0 Å². The molecule has 1 aliphatic carbocycles. The van der Waals surface area contributed by atoms with Crippen molar-refractivity contribution >= 4 is 0 Å². The van der Waals surface area contributed by atoms with Gasteiger partial charge in [0.2, 0.25) is 0 Å². The van der Waals surface area contributed by atoms with E-state index in [9.17, 15) is 0 Å². The van der Waals surface area contributed by atoms with Gasteiger partial charge in [0.15, 0.2) is 0 Å². The summed E-state index contributed by atoms with van der Waals surface area (Å²) in [6.45, 7) is 3.92. The minimum absolute atomic E-state index is 0.170. The lowest BCUT2D eigenvalue weighted by atomic mass is 10.1. The average Bonchev–Trinajstić information content (AvgIpc) is 3.03. The van der Waals surface area contributed by atoms with Gasteiger partial charge in [-0.15, -0.1) is 0 Å². The van der Waals surface area contributed by atoms with Crippen molar-refractivity contribution in [3.8, 4) is 0 Å². The van der Waals surface area contributed by atoms with Crippen LogP contribution in [0.25, 0.3) is 0 Å². The largest absolute Gasteiger partial charge is 0.392 e. The summed E-state index contributed by atoms with van der Waals surface area (Å²) in [5.74, 6) is 0.665. The normalized spacial score (nSPS) is 24.2. The van der Waals surface area contributed by atoms with E-state index in [0.717, 1.165) is 5.56 Å². The van der Waals surface area contributed by atoms with Gasteiger partial charge in [-0.1, -0.05) is 24.6 Å². The first-order chi connectivity index (χ1) is 7.88. The molecule has 0 radical (unpaired) electrons. The molecule has 1 N–H and O–H groups in total. The second kappa shape index (κ2) is 4.19. The molecule has 1 fully saturated rings. The molecule has 0 unspecified atom stereocenters. The Kier molecular flexibility index (Phi) is 2.70. The van der Waals surface area contributed by atoms with Crippen molar-refractivity contribution < 1.29 is 5.11 Å². The van der Waals surface area contributed by atoms with Gasteiger partial charge < -0.3 is 10.0 Å². The minimum Gasteiger partial charge on any atom is -0.392 e. The van der Waals surface area contributed by atoms with Crippen LogP contribution in [0.1, 0.15) is 41.9 Å². The summed E-state index contributed by atoms with van der Waals surface area (Å²) in [6.07, 6.45) is 4.14. The van der Waals surface area contributed by atoms with Crippen LogP contribution in [-0.4, -0.2) is 29.6 Å². The molecule has 2 heteroatoms. The highest BCUT2D eigenvalue weighted by molar-refractivity contribution is 5.54. The first-order valence-corrected chi connectivity index (χ1v) is 6.34. The van der Waals surface area contributed by atoms with Gasteiger partial charge in [-0.2, -0.15) is 0 Å². The molecule has 2 aliphatic rings. The topological polar surface area (TPSA) is 23.5 Å². The van der Waals surface area contributed by atoms with Gasteiger partial charge in [-0.3, -0.25) is 0 Å². The molecule has 0 saturated carbocycles. The maximum atomic E-state index is 9.08. The fourth-order valence-corrected chi connectivity index (χ4v) is 2.84. The predicted molar refractivity (Wildman–Crippen MR) is 64.5 cm³/mol. The minimum atomic E-state index is 0.170. The van der Waals surface area contributed by atoms with Crippen molar-refractivity contribution in [1.82, 2.24) is 4.90 Å². The summed E-state index contributed by atoms with van der Waals surface area (Å²) >= 11 is 0. The molecule has 1 aliphatic heterocycles. The molecule has 1 saturated heterocycles. The highest BCUT2D eigenvalue weighted by Crippen LogP contribution is 2.44. The van der Waals surface area contributed by atoms with E-state index in [2.05, 4.69) is 23.1 Å². The third-order valence-corrected chi connectivity index (χ3v) is 3.89. The zero-order valence-electron chi connectivity index (χ0n) is 9.65. The second-order valence-corrected chi connectivity index (χ2v) is 5.04. The Morgan fingerprint density at radius 3 is 2.69 bits per heavy atom. The lowest BCUT2D eigenvalue weighted by Crippen LogP contribution is -2.31. The number of likely N-dealkylation sites (tertiary alicyclic amines) is 1. The molecular weight excluding hydrogens is 198 g/mol. The van der Waals surface area contributed by atoms with Crippen LogP contribution in [0.2, 0.25) is 0 Å². The SMILES string of the molecule is OCc1ccc2c(c1)[C@H]2CN1CCCCC1. The average molecular weight is 217 g/mol. The number of fused-ring (bicyclic) bond motifs is 1. The Hall–Kier alpha value is -0.860. The van der Waals surface area contributed by atoms with Crippen LogP contribution in [0, 0.1) is 0 Å². The third kappa shape index (κ3) is 1.87. The Balaban J connectivity index is 1.62. The number of nitrogens with zero attached hydrogens (tertiary/aromatic N) is 1. The van der Waals surface area contributed by atoms with E-state index in [1.54, 1.807) is 0 Å². The van der Waals surface area contributed by atoms with Gasteiger partial charge in [0, 0.05) is 12.5 Å². The first-order valence-electron chi connectivity index (χ1n) is 6.34. The zero-order valence-corrected chi connectivity index (χ0v) is 9.65. The van der Waals surface area contributed by atoms with Crippen molar-refractivity contribution in [2.24, 2.45) is 0 Å². The number of aliphatic hydroxyl groups excluding tert-OH is 1. The summed E-state index contributed by atoms with van der Waals surface area (Å²) in [4.78, 5) is 2.59. The van der Waals surface area contributed by atoms with Crippen molar-refractivity contribution in [1.29, 1.82) is 0 Å². The van der Waals surface area contributed by atoms with Crippen molar-refractivity contribution in [2.45, 2.75) is 31.8 Å². The van der Waals surface area contributed by atoms with E-state index in [0.29, 0.717) is 5.92 Å². The molecular formula is C14H19NO. The molecule has 86 valence electrons. The molecule has 2 nitrogen and oxygen atoms in total. The van der Waals surface area contributed by atoms with Crippen molar-refractivity contribution in [3.05, 3.63) is 34.9 Å². The number of hydrogen-bond acceptors (Lipinski definition) is 2. The summed E-state index contributed by atoms with van der Waals surface area (Å²) in [5.41, 5.74) is 4.03. The lowest BCUT2D eigenvalue weighted by Gasteiger charge is -2.26. The van der Waals surface area contributed by atoms with Crippen LogP contribution >= 0.6 is 0 Å². The number of rotatable bonds is 3. The molecule has 0 spiro atoms. The van der Waals surface area contributed by atoms with Crippen LogP contribution < -0.4 is 0 Å². The van der Waals surface area contributed by atoms with Crippen LogP contribution in [-0.2, 0) is 6.61 Å². The maximum absolute atomic E-state index is 9.08. The van der Waals surface area contributed by atoms with Crippen LogP contribution in [0.15, 0.2) is 18.2 Å². The number of aliphatic hydroxyl groups is 1. The van der Waals surface area contributed by atoms with Gasteiger partial charge in [-0.05, 0) is 42.6 Å². The Morgan fingerprint density at radius 2 is 1.94 bits per heavy atom. The zero-order chi connectivity index (χ0) is 11.0. The maximum Gasteiger partial charge on any atom is 0.0681 e. The van der Waals surface area contributed by atoms with Gasteiger partial charge >= 0.3 is 0 Å². The number of hydrogen-bond donors (Lipinski definition) is 1. The molecule has 3 rings (SSSR count). The first kappa shape index (κ1) is 10.3. The molecule has 1 aromatic carbocycles. The highest BCUT2D eigenvalue weighted by atomic mass is 16.3. The van der Waals surface area contributed by atoms with Crippen LogP contribution in [0.4, 0.5) is 0 Å². The van der Waals surface area contributed by atoms with Crippen LogP contribution in [0.5, 0.6) is 0 Å². The van der Waals surface area contributed by atoms with Gasteiger partial charge in [-0.25, -0.2) is 0 Å². The summed E-state index contributed by atoms with van der Waals surface area (Å²) in [7, 11) is 0. The Morgan fingerprint density at radius 1 is 1.12 bits per heavy atom. The van der Waals surface area contributed by atoms with E-state index in [1.807, 2.05) is 0 Å². The quantitative estimate of drug-likeness (QED) is 0.838. The molecule has 0 aromatic heterocycles. The Labute approximate surface area is 96.9 Å². The fraction of sp³-hybridized carbons (Fsp3) is 0.571. The van der Waals surface area contributed by atoms with Crippen molar-refractivity contribution in [3.63, 3.8) is 0 Å².